The number of carbonyl (C=O) groups excluding carboxylic acids is 1. The van der Waals surface area contributed by atoms with E-state index in [1.165, 1.54) is 0 Å². The van der Waals surface area contributed by atoms with E-state index >= 15 is 0 Å². The summed E-state index contributed by atoms with van der Waals surface area (Å²) in [5.41, 5.74) is 1.43. The van der Waals surface area contributed by atoms with Crippen molar-refractivity contribution in [3.63, 3.8) is 0 Å². The van der Waals surface area contributed by atoms with Gasteiger partial charge in [-0.3, -0.25) is 0 Å². The third-order valence-corrected chi connectivity index (χ3v) is 3.72. The largest absolute Gasteiger partial charge is 0.444 e. The fourth-order valence-electron chi connectivity index (χ4n) is 2.80. The van der Waals surface area contributed by atoms with E-state index in [1.807, 2.05) is 49.9 Å². The Morgan fingerprint density at radius 2 is 2.05 bits per heavy atom. The van der Waals surface area contributed by atoms with Crippen molar-refractivity contribution in [1.29, 1.82) is 0 Å². The van der Waals surface area contributed by atoms with E-state index in [0.717, 1.165) is 30.4 Å². The van der Waals surface area contributed by atoms with Crippen LogP contribution in [0.3, 0.4) is 0 Å². The predicted molar refractivity (Wildman–Crippen MR) is 81.9 cm³/mol. The molecule has 1 unspecified atom stereocenters. The molecule has 21 heavy (non-hydrogen) atoms. The molecule has 0 spiro atoms. The Bertz CT molecular complexity index is 493. The van der Waals surface area contributed by atoms with Crippen LogP contribution in [0, 0.1) is 0 Å². The van der Waals surface area contributed by atoms with Crippen LogP contribution in [0.1, 0.15) is 57.2 Å². The minimum Gasteiger partial charge on any atom is -0.444 e. The zero-order chi connectivity index (χ0) is 15.5. The average Bonchev–Trinajstić information content (AvgIpc) is 2.45. The first-order chi connectivity index (χ1) is 9.92. The first-order valence-electron chi connectivity index (χ1n) is 7.60. The molecule has 1 aromatic carbocycles. The molecule has 0 aliphatic carbocycles. The van der Waals surface area contributed by atoms with E-state index < -0.39 is 5.60 Å². The van der Waals surface area contributed by atoms with Gasteiger partial charge in [0.2, 0.25) is 0 Å². The number of aliphatic hydroxyl groups is 1. The summed E-state index contributed by atoms with van der Waals surface area (Å²) in [5, 5.41) is 9.53. The monoisotopic (exact) mass is 291 g/mol. The first-order valence-corrected chi connectivity index (χ1v) is 7.60. The number of rotatable bonds is 2. The van der Waals surface area contributed by atoms with Crippen molar-refractivity contribution in [3.05, 3.63) is 35.4 Å². The highest BCUT2D eigenvalue weighted by Gasteiger charge is 2.32. The zero-order valence-corrected chi connectivity index (χ0v) is 13.1. The smallest absolute Gasteiger partial charge is 0.410 e. The van der Waals surface area contributed by atoms with Crippen molar-refractivity contribution in [2.75, 3.05) is 6.54 Å². The Labute approximate surface area is 126 Å². The van der Waals surface area contributed by atoms with Crippen LogP contribution in [-0.4, -0.2) is 28.2 Å². The summed E-state index contributed by atoms with van der Waals surface area (Å²) in [6.45, 7) is 6.34. The Morgan fingerprint density at radius 1 is 1.33 bits per heavy atom. The van der Waals surface area contributed by atoms with Crippen molar-refractivity contribution in [2.45, 2.75) is 58.3 Å². The molecular formula is C17H25NO3. The maximum Gasteiger partial charge on any atom is 0.410 e. The average molecular weight is 291 g/mol. The van der Waals surface area contributed by atoms with Gasteiger partial charge in [-0.15, -0.1) is 0 Å². The van der Waals surface area contributed by atoms with Gasteiger partial charge in [0, 0.05) is 6.54 Å². The summed E-state index contributed by atoms with van der Waals surface area (Å²) in [5.74, 6) is 0. The van der Waals surface area contributed by atoms with Crippen molar-refractivity contribution in [2.24, 2.45) is 0 Å². The van der Waals surface area contributed by atoms with Gasteiger partial charge in [-0.25, -0.2) is 4.79 Å². The van der Waals surface area contributed by atoms with Crippen LogP contribution in [0.4, 0.5) is 4.79 Å². The molecule has 4 heteroatoms. The number of benzene rings is 1. The summed E-state index contributed by atoms with van der Waals surface area (Å²) < 4.78 is 5.53. The van der Waals surface area contributed by atoms with Gasteiger partial charge < -0.3 is 14.7 Å². The summed E-state index contributed by atoms with van der Waals surface area (Å²) in [7, 11) is 0. The molecule has 1 aromatic rings. The van der Waals surface area contributed by atoms with Gasteiger partial charge in [-0.1, -0.05) is 24.3 Å². The highest BCUT2D eigenvalue weighted by atomic mass is 16.6. The molecule has 1 N–H and O–H groups in total. The van der Waals surface area contributed by atoms with Crippen LogP contribution >= 0.6 is 0 Å². The molecule has 0 aromatic heterocycles. The molecule has 1 fully saturated rings. The van der Waals surface area contributed by atoms with Crippen LogP contribution in [0.15, 0.2) is 24.3 Å². The standard InChI is InChI=1S/C17H25NO3/c1-17(2,3)21-16(20)18-11-7-6-10-15(18)14-9-5-4-8-13(14)12-19/h4-5,8-9,15,19H,6-7,10-12H2,1-3H3. The Balaban J connectivity index is 2.25. The molecule has 1 saturated heterocycles. The number of hydrogen-bond acceptors (Lipinski definition) is 3. The molecule has 1 heterocycles. The fourth-order valence-corrected chi connectivity index (χ4v) is 2.80. The van der Waals surface area contributed by atoms with Crippen LogP contribution in [0.2, 0.25) is 0 Å². The molecule has 116 valence electrons. The van der Waals surface area contributed by atoms with Gasteiger partial charge in [0.15, 0.2) is 0 Å². The number of ether oxygens (including phenoxy) is 1. The summed E-state index contributed by atoms with van der Waals surface area (Å²) >= 11 is 0. The number of likely N-dealkylation sites (tertiary alicyclic amines) is 1. The molecule has 4 nitrogen and oxygen atoms in total. The normalized spacial score (nSPS) is 19.4. The Hall–Kier alpha value is -1.55. The third-order valence-electron chi connectivity index (χ3n) is 3.72. The highest BCUT2D eigenvalue weighted by Crippen LogP contribution is 2.34. The van der Waals surface area contributed by atoms with Crippen LogP contribution < -0.4 is 0 Å². The molecule has 0 saturated carbocycles. The van der Waals surface area contributed by atoms with Gasteiger partial charge in [0.25, 0.3) is 0 Å². The number of amides is 1. The molecule has 1 amide bonds. The maximum atomic E-state index is 12.4. The van der Waals surface area contributed by atoms with E-state index in [0.29, 0.717) is 6.54 Å². The van der Waals surface area contributed by atoms with E-state index in [9.17, 15) is 9.90 Å². The molecule has 1 atom stereocenters. The number of aliphatic hydroxyl groups excluding tert-OH is 1. The second-order valence-electron chi connectivity index (χ2n) is 6.54. The third kappa shape index (κ3) is 3.97. The molecular weight excluding hydrogens is 266 g/mol. The molecule has 1 aliphatic rings. The van der Waals surface area contributed by atoms with Gasteiger partial charge >= 0.3 is 6.09 Å². The van der Waals surface area contributed by atoms with Crippen molar-refractivity contribution in [1.82, 2.24) is 4.90 Å². The Kier molecular flexibility index (Phi) is 4.88. The minimum atomic E-state index is -0.490. The quantitative estimate of drug-likeness (QED) is 0.905. The lowest BCUT2D eigenvalue weighted by atomic mass is 9.92. The highest BCUT2D eigenvalue weighted by molar-refractivity contribution is 5.69. The summed E-state index contributed by atoms with van der Waals surface area (Å²) in [6, 6.07) is 7.78. The van der Waals surface area contributed by atoms with Crippen LogP contribution in [0.25, 0.3) is 0 Å². The second kappa shape index (κ2) is 6.48. The second-order valence-corrected chi connectivity index (χ2v) is 6.54. The SMILES string of the molecule is CC(C)(C)OC(=O)N1CCCCC1c1ccccc1CO. The van der Waals surface area contributed by atoms with Crippen molar-refractivity contribution >= 4 is 6.09 Å². The predicted octanol–water partition coefficient (Wildman–Crippen LogP) is 3.64. The summed E-state index contributed by atoms with van der Waals surface area (Å²) in [4.78, 5) is 14.2. The number of carbonyl (C=O) groups is 1. The Morgan fingerprint density at radius 3 is 2.71 bits per heavy atom. The molecule has 0 radical (unpaired) electrons. The number of hydrogen-bond donors (Lipinski definition) is 1. The lowest BCUT2D eigenvalue weighted by molar-refractivity contribution is 0.00929. The van der Waals surface area contributed by atoms with Crippen LogP contribution in [0.5, 0.6) is 0 Å². The summed E-state index contributed by atoms with van der Waals surface area (Å²) in [6.07, 6.45) is 2.73. The number of piperidine rings is 1. The lowest BCUT2D eigenvalue weighted by Crippen LogP contribution is -2.42. The van der Waals surface area contributed by atoms with Crippen molar-refractivity contribution < 1.29 is 14.6 Å². The lowest BCUT2D eigenvalue weighted by Gasteiger charge is -2.37. The van der Waals surface area contributed by atoms with Gasteiger partial charge in [0.05, 0.1) is 12.6 Å². The topological polar surface area (TPSA) is 49.8 Å². The van der Waals surface area contributed by atoms with Gasteiger partial charge in [0.1, 0.15) is 5.60 Å². The van der Waals surface area contributed by atoms with E-state index in [-0.39, 0.29) is 18.7 Å². The van der Waals surface area contributed by atoms with E-state index in [2.05, 4.69) is 0 Å². The maximum absolute atomic E-state index is 12.4. The van der Waals surface area contributed by atoms with E-state index in [4.69, 9.17) is 4.74 Å². The molecule has 1 aliphatic heterocycles. The first kappa shape index (κ1) is 15.8. The van der Waals surface area contributed by atoms with E-state index in [1.54, 1.807) is 0 Å². The van der Waals surface area contributed by atoms with Gasteiger partial charge in [-0.2, -0.15) is 0 Å². The van der Waals surface area contributed by atoms with Crippen molar-refractivity contribution in [3.8, 4) is 0 Å². The minimum absolute atomic E-state index is 0.00282. The molecule has 2 rings (SSSR count). The fraction of sp³-hybridized carbons (Fsp3) is 0.588. The zero-order valence-electron chi connectivity index (χ0n) is 13.1. The molecule has 0 bridgehead atoms. The number of nitrogens with zero attached hydrogens (tertiary/aromatic N) is 1. The van der Waals surface area contributed by atoms with Crippen LogP contribution in [-0.2, 0) is 11.3 Å². The van der Waals surface area contributed by atoms with Gasteiger partial charge in [-0.05, 0) is 51.2 Å².